The molecule has 1 amide bonds. The van der Waals surface area contributed by atoms with E-state index in [0.29, 0.717) is 31.4 Å². The van der Waals surface area contributed by atoms with Crippen LogP contribution in [0.25, 0.3) is 0 Å². The third-order valence-corrected chi connectivity index (χ3v) is 7.96. The van der Waals surface area contributed by atoms with Crippen LogP contribution in [0.15, 0.2) is 47.4 Å². The molecule has 0 saturated heterocycles. The molecule has 0 aliphatic heterocycles. The number of hydrogen-bond donors (Lipinski definition) is 2. The summed E-state index contributed by atoms with van der Waals surface area (Å²) >= 11 is 0. The van der Waals surface area contributed by atoms with Gasteiger partial charge in [-0.15, -0.1) is 0 Å². The number of carbonyl (C=O) groups is 1. The van der Waals surface area contributed by atoms with Crippen LogP contribution in [0.4, 0.5) is 4.39 Å². The van der Waals surface area contributed by atoms with Crippen molar-refractivity contribution >= 4 is 15.9 Å². The predicted octanol–water partition coefficient (Wildman–Crippen LogP) is 4.85. The van der Waals surface area contributed by atoms with Crippen LogP contribution in [-0.2, 0) is 20.2 Å². The van der Waals surface area contributed by atoms with Crippen molar-refractivity contribution in [3.63, 3.8) is 0 Å². The highest BCUT2D eigenvalue weighted by Crippen LogP contribution is 2.33. The summed E-state index contributed by atoms with van der Waals surface area (Å²) in [6, 6.07) is 10.6. The minimum absolute atomic E-state index is 0.0527. The van der Waals surface area contributed by atoms with E-state index in [2.05, 4.69) is 10.0 Å². The first-order chi connectivity index (χ1) is 15.9. The third-order valence-electron chi connectivity index (χ3n) is 6.44. The first kappa shape index (κ1) is 26.2. The maximum Gasteiger partial charge on any atom is 0.240 e. The Bertz CT molecular complexity index is 1100. The summed E-state index contributed by atoms with van der Waals surface area (Å²) in [7, 11) is -2.13. The van der Waals surface area contributed by atoms with Crippen LogP contribution >= 0.6 is 0 Å². The van der Waals surface area contributed by atoms with Crippen LogP contribution in [0.5, 0.6) is 5.75 Å². The lowest BCUT2D eigenvalue weighted by Crippen LogP contribution is -2.41. The Hall–Kier alpha value is -2.45. The molecular weight excluding hydrogens is 455 g/mol. The van der Waals surface area contributed by atoms with Crippen molar-refractivity contribution in [1.29, 1.82) is 0 Å². The molecule has 1 atom stereocenters. The fraction of sp³-hybridized carbons (Fsp3) is 0.500. The van der Waals surface area contributed by atoms with E-state index in [0.717, 1.165) is 11.1 Å². The molecule has 0 bridgehead atoms. The molecule has 8 heteroatoms. The Labute approximate surface area is 202 Å². The van der Waals surface area contributed by atoms with Crippen LogP contribution in [0.2, 0.25) is 0 Å². The van der Waals surface area contributed by atoms with Gasteiger partial charge in [-0.25, -0.2) is 17.5 Å². The lowest BCUT2D eigenvalue weighted by Gasteiger charge is -2.29. The van der Waals surface area contributed by atoms with Crippen LogP contribution in [0, 0.1) is 11.7 Å². The first-order valence-corrected chi connectivity index (χ1v) is 13.2. The highest BCUT2D eigenvalue weighted by Gasteiger charge is 2.30. The summed E-state index contributed by atoms with van der Waals surface area (Å²) in [5.41, 5.74) is 1.40. The van der Waals surface area contributed by atoms with E-state index in [-0.39, 0.29) is 40.0 Å². The number of benzene rings is 2. The van der Waals surface area contributed by atoms with Gasteiger partial charge in [0.1, 0.15) is 11.6 Å². The van der Waals surface area contributed by atoms with Crippen LogP contribution in [0.3, 0.4) is 0 Å². The molecule has 0 unspecified atom stereocenters. The van der Waals surface area contributed by atoms with Gasteiger partial charge in [-0.3, -0.25) is 4.79 Å². The summed E-state index contributed by atoms with van der Waals surface area (Å²) in [4.78, 5) is 12.9. The number of methoxy groups -OCH3 is 1. The lowest BCUT2D eigenvalue weighted by molar-refractivity contribution is -0.126. The van der Waals surface area contributed by atoms with Gasteiger partial charge in [-0.1, -0.05) is 32.9 Å². The van der Waals surface area contributed by atoms with Crippen molar-refractivity contribution in [2.75, 3.05) is 7.11 Å². The Morgan fingerprint density at radius 3 is 2.24 bits per heavy atom. The molecule has 0 heterocycles. The molecule has 6 nitrogen and oxygen atoms in total. The van der Waals surface area contributed by atoms with Crippen molar-refractivity contribution in [2.45, 2.75) is 75.8 Å². The molecule has 2 aromatic rings. The Morgan fingerprint density at radius 2 is 1.68 bits per heavy atom. The molecule has 0 aromatic heterocycles. The average Bonchev–Trinajstić information content (AvgIpc) is 2.78. The molecule has 1 aliphatic carbocycles. The van der Waals surface area contributed by atoms with Gasteiger partial charge >= 0.3 is 0 Å². The van der Waals surface area contributed by atoms with Crippen LogP contribution in [-0.4, -0.2) is 27.5 Å². The van der Waals surface area contributed by atoms with Crippen LogP contribution in [0.1, 0.15) is 70.5 Å². The van der Waals surface area contributed by atoms with Crippen molar-refractivity contribution < 1.29 is 22.3 Å². The number of rotatable bonds is 7. The average molecular weight is 491 g/mol. The summed E-state index contributed by atoms with van der Waals surface area (Å²) < 4.78 is 47.5. The summed E-state index contributed by atoms with van der Waals surface area (Å²) in [5.74, 6) is 0.125. The molecular formula is C26H35FN2O4S. The zero-order chi connectivity index (χ0) is 25.1. The molecule has 0 spiro atoms. The topological polar surface area (TPSA) is 84.5 Å². The zero-order valence-electron chi connectivity index (χ0n) is 20.5. The minimum atomic E-state index is -3.70. The maximum atomic E-state index is 13.1. The fourth-order valence-electron chi connectivity index (χ4n) is 4.37. The molecule has 1 aliphatic rings. The van der Waals surface area contributed by atoms with Gasteiger partial charge < -0.3 is 10.1 Å². The Morgan fingerprint density at radius 1 is 1.06 bits per heavy atom. The standard InChI is InChI=1S/C26H35FN2O4S/c1-17(18-6-10-20(27)11-7-18)28-25(30)19-8-12-21(13-9-19)29-34(31,32)22-14-15-24(33-5)23(16-22)26(2,3)4/h6-7,10-11,14-17,19,21,29H,8-9,12-13H2,1-5H3,(H,28,30)/t17-,19-,21-/m1/s1. The second kappa shape index (κ2) is 10.4. The quantitative estimate of drug-likeness (QED) is 0.581. The summed E-state index contributed by atoms with van der Waals surface area (Å²) in [5, 5.41) is 2.99. The predicted molar refractivity (Wildman–Crippen MR) is 131 cm³/mol. The van der Waals surface area contributed by atoms with Gasteiger partial charge in [0.25, 0.3) is 0 Å². The van der Waals surface area contributed by atoms with E-state index >= 15 is 0 Å². The number of nitrogens with one attached hydrogen (secondary N) is 2. The first-order valence-electron chi connectivity index (χ1n) is 11.7. The molecule has 2 N–H and O–H groups in total. The monoisotopic (exact) mass is 490 g/mol. The molecule has 1 saturated carbocycles. The smallest absolute Gasteiger partial charge is 0.240 e. The molecule has 1 fully saturated rings. The molecule has 186 valence electrons. The molecule has 3 rings (SSSR count). The van der Waals surface area contributed by atoms with Gasteiger partial charge in [0, 0.05) is 17.5 Å². The van der Waals surface area contributed by atoms with Crippen molar-refractivity contribution in [2.24, 2.45) is 5.92 Å². The van der Waals surface area contributed by atoms with Gasteiger partial charge in [0.05, 0.1) is 18.0 Å². The second-order valence-electron chi connectivity index (χ2n) is 10.1. The van der Waals surface area contributed by atoms with Gasteiger partial charge in [-0.05, 0) is 73.9 Å². The third kappa shape index (κ3) is 6.36. The van der Waals surface area contributed by atoms with Gasteiger partial charge in [-0.2, -0.15) is 0 Å². The van der Waals surface area contributed by atoms with Crippen molar-refractivity contribution in [3.8, 4) is 5.75 Å². The number of amides is 1. The fourth-order valence-corrected chi connectivity index (χ4v) is 5.70. The summed E-state index contributed by atoms with van der Waals surface area (Å²) in [6.45, 7) is 7.90. The van der Waals surface area contributed by atoms with Gasteiger partial charge in [0.2, 0.25) is 15.9 Å². The van der Waals surface area contributed by atoms with E-state index in [9.17, 15) is 17.6 Å². The highest BCUT2D eigenvalue weighted by molar-refractivity contribution is 7.89. The maximum absolute atomic E-state index is 13.1. The number of halogens is 1. The normalized spacial score (nSPS) is 19.9. The van der Waals surface area contributed by atoms with E-state index in [1.54, 1.807) is 37.4 Å². The van der Waals surface area contributed by atoms with Crippen molar-refractivity contribution in [1.82, 2.24) is 10.0 Å². The largest absolute Gasteiger partial charge is 0.496 e. The van der Waals surface area contributed by atoms with E-state index in [1.165, 1.54) is 12.1 Å². The molecule has 2 aromatic carbocycles. The Balaban J connectivity index is 1.59. The lowest BCUT2D eigenvalue weighted by atomic mass is 9.85. The summed E-state index contributed by atoms with van der Waals surface area (Å²) in [6.07, 6.45) is 2.38. The highest BCUT2D eigenvalue weighted by atomic mass is 32.2. The minimum Gasteiger partial charge on any atom is -0.496 e. The number of carbonyl (C=O) groups excluding carboxylic acids is 1. The Kier molecular flexibility index (Phi) is 8.03. The SMILES string of the molecule is COc1ccc(S(=O)(=O)N[C@H]2CC[C@H](C(=O)N[C@H](C)c3ccc(F)cc3)CC2)cc1C(C)(C)C. The zero-order valence-corrected chi connectivity index (χ0v) is 21.3. The van der Waals surface area contributed by atoms with Crippen LogP contribution < -0.4 is 14.8 Å². The van der Waals surface area contributed by atoms with E-state index < -0.39 is 10.0 Å². The molecule has 34 heavy (non-hydrogen) atoms. The number of sulfonamides is 1. The van der Waals surface area contributed by atoms with E-state index in [1.807, 2.05) is 27.7 Å². The van der Waals surface area contributed by atoms with Gasteiger partial charge in [0.15, 0.2) is 0 Å². The van der Waals surface area contributed by atoms with Crippen molar-refractivity contribution in [3.05, 3.63) is 59.4 Å². The number of hydrogen-bond acceptors (Lipinski definition) is 4. The van der Waals surface area contributed by atoms with E-state index in [4.69, 9.17) is 4.74 Å². The number of ether oxygens (including phenoxy) is 1. The molecule has 0 radical (unpaired) electrons. The second-order valence-corrected chi connectivity index (χ2v) is 11.8.